The number of benzene rings is 1. The number of aldehydes is 1. The van der Waals surface area contributed by atoms with Gasteiger partial charge in [0.25, 0.3) is 5.56 Å². The number of nitrogens with zero attached hydrogens (tertiary/aromatic N) is 1. The van der Waals surface area contributed by atoms with Crippen LogP contribution in [0.1, 0.15) is 22.0 Å². The molecule has 2 aromatic rings. The molecule has 0 aliphatic rings. The Morgan fingerprint density at radius 2 is 1.89 bits per heavy atom. The van der Waals surface area contributed by atoms with Crippen LogP contribution in [0.3, 0.4) is 0 Å². The van der Waals surface area contributed by atoms with Crippen molar-refractivity contribution in [2.45, 2.75) is 6.04 Å². The Morgan fingerprint density at radius 3 is 2.50 bits per heavy atom. The summed E-state index contributed by atoms with van der Waals surface area (Å²) < 4.78 is 1.37. The molecular formula is C14H13NO3. The summed E-state index contributed by atoms with van der Waals surface area (Å²) >= 11 is 0. The molecular weight excluding hydrogens is 230 g/mol. The van der Waals surface area contributed by atoms with E-state index in [0.717, 1.165) is 5.56 Å². The fourth-order valence-electron chi connectivity index (χ4n) is 1.89. The lowest BCUT2D eigenvalue weighted by atomic mass is 10.1. The second kappa shape index (κ2) is 5.42. The van der Waals surface area contributed by atoms with Crippen LogP contribution in [0.15, 0.2) is 53.5 Å². The molecule has 0 aliphatic heterocycles. The van der Waals surface area contributed by atoms with Crippen LogP contribution in [-0.2, 0) is 0 Å². The molecule has 1 aromatic heterocycles. The maximum Gasteiger partial charge on any atom is 0.261 e. The van der Waals surface area contributed by atoms with Crippen LogP contribution < -0.4 is 5.56 Å². The summed E-state index contributed by atoms with van der Waals surface area (Å²) in [6.45, 7) is -0.202. The molecule has 18 heavy (non-hydrogen) atoms. The van der Waals surface area contributed by atoms with Crippen molar-refractivity contribution in [1.82, 2.24) is 4.57 Å². The highest BCUT2D eigenvalue weighted by Crippen LogP contribution is 2.15. The van der Waals surface area contributed by atoms with Crippen molar-refractivity contribution in [2.24, 2.45) is 0 Å². The minimum atomic E-state index is -0.474. The van der Waals surface area contributed by atoms with Crippen molar-refractivity contribution < 1.29 is 9.90 Å². The highest BCUT2D eigenvalue weighted by molar-refractivity contribution is 5.73. The number of carbonyl (C=O) groups is 1. The Hall–Kier alpha value is -2.20. The van der Waals surface area contributed by atoms with Crippen LogP contribution in [0.25, 0.3) is 0 Å². The Bertz CT molecular complexity index is 589. The quantitative estimate of drug-likeness (QED) is 0.822. The SMILES string of the molecule is O=Cc1cccn(C(CO)c2ccccc2)c1=O. The van der Waals surface area contributed by atoms with Gasteiger partial charge in [-0.2, -0.15) is 0 Å². The molecule has 1 aromatic carbocycles. The zero-order valence-corrected chi connectivity index (χ0v) is 9.69. The summed E-state index contributed by atoms with van der Waals surface area (Å²) in [6, 6.07) is 11.8. The molecule has 1 N–H and O–H groups in total. The summed E-state index contributed by atoms with van der Waals surface area (Å²) in [6.07, 6.45) is 2.10. The van der Waals surface area contributed by atoms with Crippen LogP contribution in [0.4, 0.5) is 0 Å². The third-order valence-electron chi connectivity index (χ3n) is 2.82. The third-order valence-corrected chi connectivity index (χ3v) is 2.82. The normalized spacial score (nSPS) is 12.1. The van der Waals surface area contributed by atoms with Crippen molar-refractivity contribution >= 4 is 6.29 Å². The van der Waals surface area contributed by atoms with Crippen molar-refractivity contribution in [2.75, 3.05) is 6.61 Å². The largest absolute Gasteiger partial charge is 0.394 e. The van der Waals surface area contributed by atoms with E-state index in [1.165, 1.54) is 10.6 Å². The van der Waals surface area contributed by atoms with Crippen LogP contribution in [0.5, 0.6) is 0 Å². The maximum atomic E-state index is 12.0. The number of aromatic nitrogens is 1. The first kappa shape index (κ1) is 12.3. The minimum Gasteiger partial charge on any atom is -0.394 e. The maximum absolute atomic E-state index is 12.0. The van der Waals surface area contributed by atoms with Gasteiger partial charge >= 0.3 is 0 Å². The van der Waals surface area contributed by atoms with E-state index in [9.17, 15) is 14.7 Å². The van der Waals surface area contributed by atoms with Gasteiger partial charge in [0.05, 0.1) is 18.2 Å². The van der Waals surface area contributed by atoms with Gasteiger partial charge < -0.3 is 9.67 Å². The number of aliphatic hydroxyl groups is 1. The summed E-state index contributed by atoms with van der Waals surface area (Å²) in [5.74, 6) is 0. The molecule has 1 heterocycles. The smallest absolute Gasteiger partial charge is 0.261 e. The first-order chi connectivity index (χ1) is 8.77. The summed E-state index contributed by atoms with van der Waals surface area (Å²) in [5.41, 5.74) is 0.521. The molecule has 1 atom stereocenters. The van der Waals surface area contributed by atoms with Crippen LogP contribution in [-0.4, -0.2) is 22.6 Å². The van der Waals surface area contributed by atoms with Gasteiger partial charge in [-0.05, 0) is 17.7 Å². The van der Waals surface area contributed by atoms with E-state index < -0.39 is 11.6 Å². The number of aliphatic hydroxyl groups excluding tert-OH is 1. The summed E-state index contributed by atoms with van der Waals surface area (Å²) in [5, 5.41) is 9.47. The highest BCUT2D eigenvalue weighted by Gasteiger charge is 2.14. The predicted molar refractivity (Wildman–Crippen MR) is 67.8 cm³/mol. The van der Waals surface area contributed by atoms with Gasteiger partial charge in [-0.25, -0.2) is 0 Å². The van der Waals surface area contributed by atoms with E-state index in [1.54, 1.807) is 12.3 Å². The van der Waals surface area contributed by atoms with Crippen molar-refractivity contribution in [3.63, 3.8) is 0 Å². The Morgan fingerprint density at radius 1 is 1.17 bits per heavy atom. The lowest BCUT2D eigenvalue weighted by Crippen LogP contribution is -2.29. The number of hydrogen-bond donors (Lipinski definition) is 1. The summed E-state index contributed by atoms with van der Waals surface area (Å²) in [7, 11) is 0. The van der Waals surface area contributed by atoms with E-state index in [2.05, 4.69) is 0 Å². The van der Waals surface area contributed by atoms with Gasteiger partial charge in [-0.3, -0.25) is 9.59 Å². The Kier molecular flexibility index (Phi) is 3.69. The van der Waals surface area contributed by atoms with Gasteiger partial charge in [0, 0.05) is 6.20 Å². The van der Waals surface area contributed by atoms with Crippen molar-refractivity contribution in [3.05, 3.63) is 70.1 Å². The van der Waals surface area contributed by atoms with Gasteiger partial charge in [-0.1, -0.05) is 30.3 Å². The molecule has 0 fully saturated rings. The van der Waals surface area contributed by atoms with Crippen LogP contribution in [0.2, 0.25) is 0 Å². The second-order valence-electron chi connectivity index (χ2n) is 3.90. The summed E-state index contributed by atoms with van der Waals surface area (Å²) in [4.78, 5) is 22.7. The molecule has 0 saturated carbocycles. The van der Waals surface area contributed by atoms with Crippen LogP contribution in [0, 0.1) is 0 Å². The molecule has 0 spiro atoms. The molecule has 2 rings (SSSR count). The van der Waals surface area contributed by atoms with E-state index in [1.807, 2.05) is 30.3 Å². The third kappa shape index (κ3) is 2.24. The van der Waals surface area contributed by atoms with E-state index in [-0.39, 0.29) is 12.2 Å². The van der Waals surface area contributed by atoms with Gasteiger partial charge in [0.2, 0.25) is 0 Å². The van der Waals surface area contributed by atoms with Gasteiger partial charge in [-0.15, -0.1) is 0 Å². The average molecular weight is 243 g/mol. The molecule has 0 saturated heterocycles. The fraction of sp³-hybridized carbons (Fsp3) is 0.143. The number of pyridine rings is 1. The zero-order valence-electron chi connectivity index (χ0n) is 9.69. The molecule has 4 heteroatoms. The molecule has 1 unspecified atom stereocenters. The van der Waals surface area contributed by atoms with Gasteiger partial charge in [0.1, 0.15) is 0 Å². The number of hydrogen-bond acceptors (Lipinski definition) is 3. The molecule has 92 valence electrons. The number of rotatable bonds is 4. The van der Waals surface area contributed by atoms with Crippen molar-refractivity contribution in [3.8, 4) is 0 Å². The first-order valence-corrected chi connectivity index (χ1v) is 5.60. The molecule has 0 bridgehead atoms. The van der Waals surface area contributed by atoms with Gasteiger partial charge in [0.15, 0.2) is 6.29 Å². The van der Waals surface area contributed by atoms with E-state index in [4.69, 9.17) is 0 Å². The zero-order chi connectivity index (χ0) is 13.0. The van der Waals surface area contributed by atoms with E-state index >= 15 is 0 Å². The fourth-order valence-corrected chi connectivity index (χ4v) is 1.89. The van der Waals surface area contributed by atoms with Crippen molar-refractivity contribution in [1.29, 1.82) is 0 Å². The van der Waals surface area contributed by atoms with E-state index in [0.29, 0.717) is 6.29 Å². The lowest BCUT2D eigenvalue weighted by Gasteiger charge is -2.18. The molecule has 0 radical (unpaired) electrons. The second-order valence-corrected chi connectivity index (χ2v) is 3.90. The van der Waals surface area contributed by atoms with Crippen LogP contribution >= 0.6 is 0 Å². The predicted octanol–water partition coefficient (Wildman–Crippen LogP) is 1.24. The highest BCUT2D eigenvalue weighted by atomic mass is 16.3. The Labute approximate surface area is 104 Å². The Balaban J connectivity index is 2.53. The number of carbonyl (C=O) groups excluding carboxylic acids is 1. The lowest BCUT2D eigenvalue weighted by molar-refractivity contribution is 0.112. The molecule has 0 amide bonds. The first-order valence-electron chi connectivity index (χ1n) is 5.60. The molecule has 4 nitrogen and oxygen atoms in total. The topological polar surface area (TPSA) is 59.3 Å². The monoisotopic (exact) mass is 243 g/mol. The standard InChI is InChI=1S/C14H13NO3/c16-9-12-7-4-8-15(14(12)18)13(10-17)11-5-2-1-3-6-11/h1-9,13,17H,10H2. The molecule has 0 aliphatic carbocycles. The average Bonchev–Trinajstić information content (AvgIpc) is 2.43. The minimum absolute atomic E-state index is 0.0897.